The molecule has 146 valence electrons. The van der Waals surface area contributed by atoms with Crippen molar-refractivity contribution in [1.82, 2.24) is 0 Å². The molecule has 0 fully saturated rings. The summed E-state index contributed by atoms with van der Waals surface area (Å²) in [5, 5.41) is -0.275. The maximum atomic E-state index is 11.6. The first-order chi connectivity index (χ1) is 10.8. The first-order valence-corrected chi connectivity index (χ1v) is 9.81. The van der Waals surface area contributed by atoms with Gasteiger partial charge in [0.25, 0.3) is 0 Å². The molecule has 25 heavy (non-hydrogen) atoms. The highest BCUT2D eigenvalue weighted by atomic mass is 35.5. The lowest BCUT2D eigenvalue weighted by Crippen LogP contribution is -2.35. The van der Waals surface area contributed by atoms with Gasteiger partial charge in [0.15, 0.2) is 0 Å². The molecule has 1 nitrogen and oxygen atoms in total. The van der Waals surface area contributed by atoms with E-state index in [0.717, 1.165) is 6.42 Å². The van der Waals surface area contributed by atoms with Crippen molar-refractivity contribution in [3.63, 3.8) is 0 Å². The van der Waals surface area contributed by atoms with Gasteiger partial charge in [0.1, 0.15) is 0 Å². The molecule has 0 aliphatic heterocycles. The summed E-state index contributed by atoms with van der Waals surface area (Å²) < 4.78 is 0. The van der Waals surface area contributed by atoms with E-state index in [1.54, 1.807) is 0 Å². The van der Waals surface area contributed by atoms with Gasteiger partial charge >= 0.3 is 0 Å². The molecular formula is C23H41ClO. The Balaban J connectivity index is 5.09. The number of halogens is 1. The van der Waals surface area contributed by atoms with Crippen LogP contribution in [0.1, 0.15) is 95.4 Å². The van der Waals surface area contributed by atoms with Crippen LogP contribution >= 0.6 is 11.6 Å². The largest absolute Gasteiger partial charge is 0.281 e. The van der Waals surface area contributed by atoms with Gasteiger partial charge in [-0.25, -0.2) is 0 Å². The Morgan fingerprint density at radius 3 is 1.72 bits per heavy atom. The third-order valence-electron chi connectivity index (χ3n) is 5.44. The van der Waals surface area contributed by atoms with E-state index in [2.05, 4.69) is 80.2 Å². The van der Waals surface area contributed by atoms with E-state index in [9.17, 15) is 4.79 Å². The maximum Gasteiger partial charge on any atom is 0.227 e. The summed E-state index contributed by atoms with van der Waals surface area (Å²) in [5.41, 5.74) is 3.50. The van der Waals surface area contributed by atoms with Crippen LogP contribution in [0, 0.1) is 27.1 Å². The molecule has 0 aliphatic rings. The zero-order valence-electron chi connectivity index (χ0n) is 18.6. The quantitative estimate of drug-likeness (QED) is 0.315. The Hall–Kier alpha value is -0.520. The van der Waals surface area contributed by atoms with Crippen LogP contribution in [0.4, 0.5) is 0 Å². The molecule has 0 aromatic rings. The molecule has 0 rings (SSSR count). The van der Waals surface area contributed by atoms with Gasteiger partial charge in [-0.05, 0) is 64.7 Å². The average molecular weight is 369 g/mol. The molecule has 0 aliphatic carbocycles. The van der Waals surface area contributed by atoms with Crippen molar-refractivity contribution in [1.29, 1.82) is 0 Å². The van der Waals surface area contributed by atoms with Crippen molar-refractivity contribution in [3.05, 3.63) is 17.9 Å². The normalized spacial score (nSPS) is 14.1. The van der Waals surface area contributed by atoms with Gasteiger partial charge in [0.05, 0.1) is 0 Å². The topological polar surface area (TPSA) is 17.1 Å². The van der Waals surface area contributed by atoms with Crippen LogP contribution in [-0.2, 0) is 4.79 Å². The fourth-order valence-electron chi connectivity index (χ4n) is 3.70. The molecule has 0 saturated heterocycles. The lowest BCUT2D eigenvalue weighted by molar-refractivity contribution is -0.120. The first kappa shape index (κ1) is 24.5. The molecule has 0 spiro atoms. The highest BCUT2D eigenvalue weighted by Crippen LogP contribution is 2.48. The van der Waals surface area contributed by atoms with E-state index >= 15 is 0 Å². The van der Waals surface area contributed by atoms with Crippen molar-refractivity contribution in [3.8, 4) is 0 Å². The van der Waals surface area contributed by atoms with Gasteiger partial charge in [0.2, 0.25) is 5.24 Å². The molecule has 0 bridgehead atoms. The smallest absolute Gasteiger partial charge is 0.227 e. The van der Waals surface area contributed by atoms with Gasteiger partial charge in [-0.1, -0.05) is 76.2 Å². The minimum atomic E-state index is -0.517. The number of rotatable bonds is 8. The Morgan fingerprint density at radius 1 is 0.840 bits per heavy atom. The van der Waals surface area contributed by atoms with Crippen LogP contribution in [0.15, 0.2) is 17.9 Å². The molecule has 0 aromatic heterocycles. The molecule has 0 N–H and O–H groups in total. The van der Waals surface area contributed by atoms with E-state index in [-0.39, 0.29) is 21.5 Å². The molecule has 0 heterocycles. The van der Waals surface area contributed by atoms with Crippen LogP contribution in [0.3, 0.4) is 0 Å². The Labute approximate surface area is 162 Å². The van der Waals surface area contributed by atoms with Crippen LogP contribution in [0.2, 0.25) is 0 Å². The van der Waals surface area contributed by atoms with Crippen molar-refractivity contribution in [2.75, 3.05) is 0 Å². The van der Waals surface area contributed by atoms with Crippen LogP contribution in [0.5, 0.6) is 0 Å². The number of hydrogen-bond acceptors (Lipinski definition) is 1. The number of allylic oxidation sites excluding steroid dienone is 1. The molecule has 0 unspecified atom stereocenters. The van der Waals surface area contributed by atoms with Crippen LogP contribution in [-0.4, -0.2) is 5.24 Å². The van der Waals surface area contributed by atoms with Gasteiger partial charge < -0.3 is 0 Å². The predicted molar refractivity (Wildman–Crippen MR) is 112 cm³/mol. The minimum Gasteiger partial charge on any atom is -0.281 e. The van der Waals surface area contributed by atoms with E-state index in [4.69, 9.17) is 11.6 Å². The zero-order valence-corrected chi connectivity index (χ0v) is 19.3. The number of hydrogen-bond donors (Lipinski definition) is 0. The van der Waals surface area contributed by atoms with E-state index in [1.807, 2.05) is 13.8 Å². The van der Waals surface area contributed by atoms with E-state index < -0.39 is 5.41 Å². The zero-order chi connectivity index (χ0) is 20.3. The van der Waals surface area contributed by atoms with Crippen LogP contribution < -0.4 is 0 Å². The standard InChI is InChI=1S/C23H41ClO/c1-19(2,3)16-23(10,11)22(8,9)15-13-12-14-20(4,5)17-21(6,7)18(24)25/h13-14H,15-17H2,1-11H3. The SMILES string of the molecule is CC(C)(C)CC(C)(C)C(C)(C)CC=C=CC(C)(C)CC(C)(C)C(=O)Cl. The Kier molecular flexibility index (Phi) is 7.85. The summed E-state index contributed by atoms with van der Waals surface area (Å²) in [6.45, 7) is 24.4. The lowest BCUT2D eigenvalue weighted by atomic mass is 9.60. The summed E-state index contributed by atoms with van der Waals surface area (Å²) in [6, 6.07) is 0. The third kappa shape index (κ3) is 8.61. The molecule has 0 radical (unpaired) electrons. The highest BCUT2D eigenvalue weighted by Gasteiger charge is 2.38. The summed E-state index contributed by atoms with van der Waals surface area (Å²) in [6.07, 6.45) is 7.12. The second-order valence-electron chi connectivity index (χ2n) is 11.5. The lowest BCUT2D eigenvalue weighted by Gasteiger charge is -2.45. The highest BCUT2D eigenvalue weighted by molar-refractivity contribution is 6.64. The Morgan fingerprint density at radius 2 is 1.32 bits per heavy atom. The number of carbonyl (C=O) groups is 1. The predicted octanol–water partition coefficient (Wildman–Crippen LogP) is 7.78. The van der Waals surface area contributed by atoms with Crippen molar-refractivity contribution < 1.29 is 4.79 Å². The Bertz CT molecular complexity index is 521. The summed E-state index contributed by atoms with van der Waals surface area (Å²) in [4.78, 5) is 11.6. The van der Waals surface area contributed by atoms with Gasteiger partial charge in [-0.15, -0.1) is 5.73 Å². The molecule has 2 heteroatoms. The second-order valence-corrected chi connectivity index (χ2v) is 11.9. The van der Waals surface area contributed by atoms with E-state index in [1.165, 1.54) is 6.42 Å². The number of carbonyl (C=O) groups excluding carboxylic acids is 1. The van der Waals surface area contributed by atoms with Gasteiger partial charge in [-0.2, -0.15) is 0 Å². The molecular weight excluding hydrogens is 328 g/mol. The van der Waals surface area contributed by atoms with Crippen molar-refractivity contribution in [2.24, 2.45) is 27.1 Å². The molecule has 0 amide bonds. The summed E-state index contributed by atoms with van der Waals surface area (Å²) >= 11 is 5.72. The van der Waals surface area contributed by atoms with E-state index in [0.29, 0.717) is 11.8 Å². The summed E-state index contributed by atoms with van der Waals surface area (Å²) in [7, 11) is 0. The second kappa shape index (κ2) is 8.01. The fraction of sp³-hybridized carbons (Fsp3) is 0.826. The monoisotopic (exact) mass is 368 g/mol. The van der Waals surface area contributed by atoms with Crippen LogP contribution in [0.25, 0.3) is 0 Å². The molecule has 0 atom stereocenters. The maximum absolute atomic E-state index is 11.6. The first-order valence-electron chi connectivity index (χ1n) is 9.44. The third-order valence-corrected chi connectivity index (χ3v) is 5.95. The van der Waals surface area contributed by atoms with Gasteiger partial charge in [-0.3, -0.25) is 4.79 Å². The minimum absolute atomic E-state index is 0.115. The fourth-order valence-corrected chi connectivity index (χ4v) is 3.77. The molecule has 0 saturated carbocycles. The van der Waals surface area contributed by atoms with Crippen molar-refractivity contribution in [2.45, 2.75) is 95.4 Å². The summed E-state index contributed by atoms with van der Waals surface area (Å²) in [5.74, 6) is 0. The van der Waals surface area contributed by atoms with Crippen molar-refractivity contribution >= 4 is 16.8 Å². The average Bonchev–Trinajstić information content (AvgIpc) is 2.30. The van der Waals surface area contributed by atoms with Gasteiger partial charge in [0, 0.05) is 5.41 Å². The molecule has 0 aromatic carbocycles.